The summed E-state index contributed by atoms with van der Waals surface area (Å²) in [4.78, 5) is 38.8. The van der Waals surface area contributed by atoms with E-state index in [2.05, 4.69) is 5.32 Å². The molecule has 1 aliphatic heterocycles. The average molecular weight is 358 g/mol. The van der Waals surface area contributed by atoms with Gasteiger partial charge in [0.15, 0.2) is 0 Å². The van der Waals surface area contributed by atoms with E-state index in [0.717, 1.165) is 25.7 Å². The van der Waals surface area contributed by atoms with Gasteiger partial charge in [0.2, 0.25) is 11.8 Å². The van der Waals surface area contributed by atoms with Crippen LogP contribution in [-0.4, -0.2) is 37.0 Å². The molecule has 1 atom stereocenters. The van der Waals surface area contributed by atoms with Gasteiger partial charge < -0.3 is 15.0 Å². The summed E-state index contributed by atoms with van der Waals surface area (Å²) in [6.07, 6.45) is 5.73. The molecular weight excluding hydrogens is 332 g/mol. The second-order valence-electron chi connectivity index (χ2n) is 6.99. The number of carbonyl (C=O) groups excluding carboxylic acids is 3. The van der Waals surface area contributed by atoms with Gasteiger partial charge in [-0.1, -0.05) is 31.4 Å². The van der Waals surface area contributed by atoms with Gasteiger partial charge in [-0.15, -0.1) is 0 Å². The number of benzene rings is 1. The predicted molar refractivity (Wildman–Crippen MR) is 97.9 cm³/mol. The molecule has 26 heavy (non-hydrogen) atoms. The lowest BCUT2D eigenvalue weighted by molar-refractivity contribution is -0.127. The fraction of sp³-hybridized carbons (Fsp3) is 0.550. The molecule has 0 spiro atoms. The van der Waals surface area contributed by atoms with Crippen LogP contribution in [0.2, 0.25) is 0 Å². The number of anilines is 1. The molecule has 1 unspecified atom stereocenters. The number of hydrogen-bond acceptors (Lipinski definition) is 4. The normalized spacial score (nSPS) is 20.9. The number of rotatable bonds is 5. The van der Waals surface area contributed by atoms with Gasteiger partial charge >= 0.3 is 5.97 Å². The first-order valence-corrected chi connectivity index (χ1v) is 9.47. The van der Waals surface area contributed by atoms with Crippen molar-refractivity contribution in [3.63, 3.8) is 0 Å². The van der Waals surface area contributed by atoms with Crippen LogP contribution in [0.3, 0.4) is 0 Å². The number of esters is 1. The fourth-order valence-corrected chi connectivity index (χ4v) is 3.77. The summed E-state index contributed by atoms with van der Waals surface area (Å²) in [6.45, 7) is 2.31. The molecule has 1 aromatic carbocycles. The van der Waals surface area contributed by atoms with Gasteiger partial charge in [-0.05, 0) is 31.9 Å². The summed E-state index contributed by atoms with van der Waals surface area (Å²) in [5, 5.41) is 3.10. The van der Waals surface area contributed by atoms with E-state index >= 15 is 0 Å². The highest BCUT2D eigenvalue weighted by atomic mass is 16.5. The van der Waals surface area contributed by atoms with E-state index in [-0.39, 0.29) is 36.8 Å². The lowest BCUT2D eigenvalue weighted by Crippen LogP contribution is -2.40. The van der Waals surface area contributed by atoms with E-state index in [4.69, 9.17) is 4.74 Å². The maximum Gasteiger partial charge on any atom is 0.340 e. The average Bonchev–Trinajstić information content (AvgIpc) is 3.04. The third kappa shape index (κ3) is 4.06. The maximum atomic E-state index is 12.6. The Morgan fingerprint density at radius 1 is 1.19 bits per heavy atom. The minimum Gasteiger partial charge on any atom is -0.462 e. The second kappa shape index (κ2) is 8.34. The maximum absolute atomic E-state index is 12.6. The zero-order valence-corrected chi connectivity index (χ0v) is 15.2. The first kappa shape index (κ1) is 18.4. The number of carbonyl (C=O) groups is 3. The summed E-state index contributed by atoms with van der Waals surface area (Å²) >= 11 is 0. The summed E-state index contributed by atoms with van der Waals surface area (Å²) in [6, 6.07) is 7.12. The summed E-state index contributed by atoms with van der Waals surface area (Å²) in [7, 11) is 0. The van der Waals surface area contributed by atoms with Crippen molar-refractivity contribution in [2.75, 3.05) is 18.1 Å². The van der Waals surface area contributed by atoms with Crippen molar-refractivity contribution >= 4 is 23.5 Å². The van der Waals surface area contributed by atoms with Crippen molar-refractivity contribution in [3.8, 4) is 0 Å². The van der Waals surface area contributed by atoms with E-state index in [0.29, 0.717) is 17.8 Å². The molecule has 0 bridgehead atoms. The SMILES string of the molecule is CCOC(=O)c1ccccc1N1CC(C(=O)NC2CCCCC2)CC1=O. The molecule has 6 heteroatoms. The topological polar surface area (TPSA) is 75.7 Å². The van der Waals surface area contributed by atoms with Crippen LogP contribution in [0, 0.1) is 5.92 Å². The number of amides is 2. The Kier molecular flexibility index (Phi) is 5.91. The Morgan fingerprint density at radius 3 is 2.65 bits per heavy atom. The van der Waals surface area contributed by atoms with Crippen molar-refractivity contribution in [2.24, 2.45) is 5.92 Å². The molecule has 1 aromatic rings. The molecule has 6 nitrogen and oxygen atoms in total. The lowest BCUT2D eigenvalue weighted by atomic mass is 9.95. The molecule has 2 aliphatic rings. The number of para-hydroxylation sites is 1. The van der Waals surface area contributed by atoms with Crippen molar-refractivity contribution < 1.29 is 19.1 Å². The highest BCUT2D eigenvalue weighted by Crippen LogP contribution is 2.29. The Hall–Kier alpha value is -2.37. The Balaban J connectivity index is 1.70. The first-order chi connectivity index (χ1) is 12.6. The van der Waals surface area contributed by atoms with E-state index in [9.17, 15) is 14.4 Å². The van der Waals surface area contributed by atoms with Crippen LogP contribution in [0.5, 0.6) is 0 Å². The second-order valence-corrected chi connectivity index (χ2v) is 6.99. The van der Waals surface area contributed by atoms with Crippen LogP contribution in [0.15, 0.2) is 24.3 Å². The number of hydrogen-bond donors (Lipinski definition) is 1. The van der Waals surface area contributed by atoms with Crippen LogP contribution in [0.1, 0.15) is 55.8 Å². The van der Waals surface area contributed by atoms with Crippen LogP contribution in [0.4, 0.5) is 5.69 Å². The molecule has 2 amide bonds. The minimum absolute atomic E-state index is 0.0543. The molecule has 3 rings (SSSR count). The summed E-state index contributed by atoms with van der Waals surface area (Å²) in [5.74, 6) is -1.02. The van der Waals surface area contributed by atoms with Crippen LogP contribution < -0.4 is 10.2 Å². The third-order valence-corrected chi connectivity index (χ3v) is 5.14. The molecule has 1 saturated heterocycles. The van der Waals surface area contributed by atoms with Gasteiger partial charge in [0.1, 0.15) is 0 Å². The number of nitrogens with zero attached hydrogens (tertiary/aromatic N) is 1. The molecule has 1 heterocycles. The lowest BCUT2D eigenvalue weighted by Gasteiger charge is -2.24. The highest BCUT2D eigenvalue weighted by molar-refractivity contribution is 6.05. The van der Waals surface area contributed by atoms with E-state index in [1.807, 2.05) is 0 Å². The standard InChI is InChI=1S/C20H26N2O4/c1-2-26-20(25)16-10-6-7-11-17(16)22-13-14(12-18(22)23)19(24)21-15-8-4-3-5-9-15/h6-7,10-11,14-15H,2-5,8-9,12-13H2,1H3,(H,21,24). The van der Waals surface area contributed by atoms with Gasteiger partial charge in [0.05, 0.1) is 23.8 Å². The number of ether oxygens (including phenoxy) is 1. The van der Waals surface area contributed by atoms with Crippen LogP contribution >= 0.6 is 0 Å². The van der Waals surface area contributed by atoms with Crippen LogP contribution in [0.25, 0.3) is 0 Å². The molecule has 0 radical (unpaired) electrons. The minimum atomic E-state index is -0.453. The Labute approximate surface area is 153 Å². The molecule has 2 fully saturated rings. The molecule has 1 N–H and O–H groups in total. The van der Waals surface area contributed by atoms with Gasteiger partial charge in [0, 0.05) is 19.0 Å². The van der Waals surface area contributed by atoms with Crippen molar-refractivity contribution in [1.29, 1.82) is 0 Å². The molecule has 140 valence electrons. The third-order valence-electron chi connectivity index (χ3n) is 5.14. The van der Waals surface area contributed by atoms with Crippen molar-refractivity contribution in [3.05, 3.63) is 29.8 Å². The molecule has 0 aromatic heterocycles. The van der Waals surface area contributed by atoms with Gasteiger partial charge in [0.25, 0.3) is 0 Å². The highest BCUT2D eigenvalue weighted by Gasteiger charge is 2.37. The Morgan fingerprint density at radius 2 is 1.92 bits per heavy atom. The quantitative estimate of drug-likeness (QED) is 0.821. The van der Waals surface area contributed by atoms with E-state index in [1.54, 1.807) is 31.2 Å². The van der Waals surface area contributed by atoms with Gasteiger partial charge in [-0.2, -0.15) is 0 Å². The van der Waals surface area contributed by atoms with Crippen molar-refractivity contribution in [1.82, 2.24) is 5.32 Å². The summed E-state index contributed by atoms with van der Waals surface area (Å²) in [5.41, 5.74) is 0.875. The van der Waals surface area contributed by atoms with E-state index < -0.39 is 5.97 Å². The first-order valence-electron chi connectivity index (χ1n) is 9.47. The van der Waals surface area contributed by atoms with E-state index in [1.165, 1.54) is 11.3 Å². The molecular formula is C20H26N2O4. The largest absolute Gasteiger partial charge is 0.462 e. The molecule has 1 aliphatic carbocycles. The monoisotopic (exact) mass is 358 g/mol. The number of nitrogens with one attached hydrogen (secondary N) is 1. The fourth-order valence-electron chi connectivity index (χ4n) is 3.77. The zero-order valence-electron chi connectivity index (χ0n) is 15.2. The summed E-state index contributed by atoms with van der Waals surface area (Å²) < 4.78 is 5.08. The zero-order chi connectivity index (χ0) is 18.5. The van der Waals surface area contributed by atoms with Crippen molar-refractivity contribution in [2.45, 2.75) is 51.5 Å². The van der Waals surface area contributed by atoms with Gasteiger partial charge in [-0.3, -0.25) is 9.59 Å². The van der Waals surface area contributed by atoms with Crippen LogP contribution in [-0.2, 0) is 14.3 Å². The predicted octanol–water partition coefficient (Wildman–Crippen LogP) is 2.67. The van der Waals surface area contributed by atoms with Gasteiger partial charge in [-0.25, -0.2) is 4.79 Å². The smallest absolute Gasteiger partial charge is 0.340 e. The Bertz CT molecular complexity index is 682. The molecule has 1 saturated carbocycles.